The summed E-state index contributed by atoms with van der Waals surface area (Å²) < 4.78 is 0. The van der Waals surface area contributed by atoms with Gasteiger partial charge in [-0.1, -0.05) is 12.1 Å². The molecule has 0 aliphatic heterocycles. The van der Waals surface area contributed by atoms with E-state index < -0.39 is 5.60 Å². The van der Waals surface area contributed by atoms with E-state index in [2.05, 4.69) is 15.3 Å². The number of pyridine rings is 1. The van der Waals surface area contributed by atoms with Gasteiger partial charge in [0.1, 0.15) is 0 Å². The Balaban J connectivity index is 1.37. The molecule has 0 radical (unpaired) electrons. The standard InChI is InChI=1S/C23H25N3O2/c1-15-14-25-20(18-6-13-24-19(15)18)16-2-4-17(5-3-16)21(27)26-22-7-10-23(28,11-8-22)12-9-22/h2-6,13-14,24,28H,7-12H2,1H3,(H,26,27). The third-order valence-electron chi connectivity index (χ3n) is 6.79. The van der Waals surface area contributed by atoms with Crippen molar-refractivity contribution in [2.24, 2.45) is 0 Å². The zero-order chi connectivity index (χ0) is 19.4. The molecule has 5 nitrogen and oxygen atoms in total. The second-order valence-corrected chi connectivity index (χ2v) is 8.59. The zero-order valence-corrected chi connectivity index (χ0v) is 16.1. The summed E-state index contributed by atoms with van der Waals surface area (Å²) in [6, 6.07) is 9.73. The molecule has 5 heteroatoms. The van der Waals surface area contributed by atoms with Crippen LogP contribution in [0.4, 0.5) is 0 Å². The molecule has 2 bridgehead atoms. The van der Waals surface area contributed by atoms with Crippen LogP contribution >= 0.6 is 0 Å². The Labute approximate surface area is 164 Å². The first kappa shape index (κ1) is 17.4. The van der Waals surface area contributed by atoms with Crippen molar-refractivity contribution in [2.45, 2.75) is 56.6 Å². The molecule has 0 atom stereocenters. The zero-order valence-electron chi connectivity index (χ0n) is 16.1. The van der Waals surface area contributed by atoms with Crippen LogP contribution in [0.25, 0.3) is 22.2 Å². The van der Waals surface area contributed by atoms with Crippen LogP contribution in [-0.4, -0.2) is 32.1 Å². The van der Waals surface area contributed by atoms with Crippen LogP contribution in [0, 0.1) is 6.92 Å². The third-order valence-corrected chi connectivity index (χ3v) is 6.79. The highest BCUT2D eigenvalue weighted by Gasteiger charge is 2.48. The predicted octanol–water partition coefficient (Wildman–Crippen LogP) is 4.11. The summed E-state index contributed by atoms with van der Waals surface area (Å²) in [5, 5.41) is 14.7. The summed E-state index contributed by atoms with van der Waals surface area (Å²) in [4.78, 5) is 20.7. The van der Waals surface area contributed by atoms with Crippen molar-refractivity contribution < 1.29 is 9.90 Å². The molecule has 3 N–H and O–H groups in total. The number of aromatic amines is 1. The number of nitrogens with zero attached hydrogens (tertiary/aromatic N) is 1. The number of aromatic nitrogens is 2. The minimum atomic E-state index is -0.487. The van der Waals surface area contributed by atoms with Crippen LogP contribution in [0.1, 0.15) is 54.4 Å². The SMILES string of the molecule is Cc1cnc(-c2ccc(C(=O)NC34CCC(O)(CC3)CC4)cc2)c2cc[nH]c12. The third kappa shape index (κ3) is 2.81. The molecule has 3 aliphatic carbocycles. The lowest BCUT2D eigenvalue weighted by Crippen LogP contribution is -2.58. The highest BCUT2D eigenvalue weighted by molar-refractivity contribution is 5.97. The van der Waals surface area contributed by atoms with Crippen molar-refractivity contribution in [1.82, 2.24) is 15.3 Å². The Morgan fingerprint density at radius 3 is 2.43 bits per heavy atom. The van der Waals surface area contributed by atoms with Gasteiger partial charge in [0.2, 0.25) is 0 Å². The van der Waals surface area contributed by atoms with Gasteiger partial charge in [-0.3, -0.25) is 9.78 Å². The number of hydrogen-bond acceptors (Lipinski definition) is 3. The second-order valence-electron chi connectivity index (χ2n) is 8.59. The van der Waals surface area contributed by atoms with Crippen LogP contribution in [0.5, 0.6) is 0 Å². The number of carbonyl (C=O) groups is 1. The number of hydrogen-bond donors (Lipinski definition) is 3. The van der Waals surface area contributed by atoms with Crippen LogP contribution in [-0.2, 0) is 0 Å². The summed E-state index contributed by atoms with van der Waals surface area (Å²) in [7, 11) is 0. The molecule has 6 rings (SSSR count). The molecule has 3 aliphatic rings. The number of rotatable bonds is 3. The van der Waals surface area contributed by atoms with Crippen molar-refractivity contribution in [3.63, 3.8) is 0 Å². The molecule has 0 saturated heterocycles. The Bertz CT molecular complexity index is 1030. The first-order valence-electron chi connectivity index (χ1n) is 10.1. The number of aliphatic hydroxyl groups is 1. The van der Waals surface area contributed by atoms with E-state index in [-0.39, 0.29) is 11.4 Å². The summed E-state index contributed by atoms with van der Waals surface area (Å²) in [5.74, 6) is -0.0254. The molecule has 3 aromatic rings. The summed E-state index contributed by atoms with van der Waals surface area (Å²) >= 11 is 0. The van der Waals surface area contributed by atoms with Crippen molar-refractivity contribution in [3.05, 3.63) is 53.9 Å². The van der Waals surface area contributed by atoms with Gasteiger partial charge in [-0.05, 0) is 69.2 Å². The maximum Gasteiger partial charge on any atom is 0.251 e. The number of aryl methyl sites for hydroxylation is 1. The van der Waals surface area contributed by atoms with Gasteiger partial charge in [0, 0.05) is 34.4 Å². The van der Waals surface area contributed by atoms with Crippen LogP contribution in [0.2, 0.25) is 0 Å². The fraction of sp³-hybridized carbons (Fsp3) is 0.391. The molecule has 2 heterocycles. The minimum Gasteiger partial charge on any atom is -0.390 e. The molecule has 144 valence electrons. The molecule has 0 spiro atoms. The topological polar surface area (TPSA) is 78.0 Å². The lowest BCUT2D eigenvalue weighted by atomic mass is 9.63. The van der Waals surface area contributed by atoms with Gasteiger partial charge in [-0.15, -0.1) is 0 Å². The molecule has 28 heavy (non-hydrogen) atoms. The number of amides is 1. The number of nitrogens with one attached hydrogen (secondary N) is 2. The summed E-state index contributed by atoms with van der Waals surface area (Å²) in [6.45, 7) is 2.04. The van der Waals surface area contributed by atoms with Crippen molar-refractivity contribution in [2.75, 3.05) is 0 Å². The average molecular weight is 375 g/mol. The van der Waals surface area contributed by atoms with Gasteiger partial charge >= 0.3 is 0 Å². The van der Waals surface area contributed by atoms with Gasteiger partial charge in [0.25, 0.3) is 5.91 Å². The fourth-order valence-corrected chi connectivity index (χ4v) is 4.86. The molecular weight excluding hydrogens is 350 g/mol. The lowest BCUT2D eigenvalue weighted by Gasteiger charge is -2.51. The molecule has 2 aromatic heterocycles. The normalized spacial score (nSPS) is 26.5. The molecular formula is C23H25N3O2. The van der Waals surface area contributed by atoms with E-state index in [0.717, 1.165) is 66.2 Å². The van der Waals surface area contributed by atoms with E-state index in [1.165, 1.54) is 0 Å². The van der Waals surface area contributed by atoms with E-state index in [9.17, 15) is 9.90 Å². The number of fused-ring (bicyclic) bond motifs is 4. The Morgan fingerprint density at radius 1 is 1.07 bits per heavy atom. The quantitative estimate of drug-likeness (QED) is 0.645. The van der Waals surface area contributed by atoms with Crippen LogP contribution in [0.15, 0.2) is 42.7 Å². The van der Waals surface area contributed by atoms with E-state index in [1.807, 2.05) is 49.6 Å². The minimum absolute atomic E-state index is 0.0254. The highest BCUT2D eigenvalue weighted by atomic mass is 16.3. The number of benzene rings is 1. The molecule has 3 fully saturated rings. The predicted molar refractivity (Wildman–Crippen MR) is 109 cm³/mol. The Hall–Kier alpha value is -2.66. The first-order valence-corrected chi connectivity index (χ1v) is 10.1. The Kier molecular flexibility index (Phi) is 3.85. The fourth-order valence-electron chi connectivity index (χ4n) is 4.86. The van der Waals surface area contributed by atoms with Crippen molar-refractivity contribution in [1.29, 1.82) is 0 Å². The maximum absolute atomic E-state index is 12.8. The van der Waals surface area contributed by atoms with E-state index in [4.69, 9.17) is 0 Å². The highest BCUT2D eigenvalue weighted by Crippen LogP contribution is 2.46. The lowest BCUT2D eigenvalue weighted by molar-refractivity contribution is -0.0702. The van der Waals surface area contributed by atoms with Gasteiger partial charge in [0.15, 0.2) is 0 Å². The van der Waals surface area contributed by atoms with Crippen molar-refractivity contribution >= 4 is 16.8 Å². The molecule has 0 unspecified atom stereocenters. The smallest absolute Gasteiger partial charge is 0.251 e. The maximum atomic E-state index is 12.8. The monoisotopic (exact) mass is 375 g/mol. The van der Waals surface area contributed by atoms with Gasteiger partial charge in [-0.25, -0.2) is 0 Å². The van der Waals surface area contributed by atoms with E-state index >= 15 is 0 Å². The second kappa shape index (κ2) is 6.17. The van der Waals surface area contributed by atoms with Crippen molar-refractivity contribution in [3.8, 4) is 11.3 Å². The molecule has 3 saturated carbocycles. The van der Waals surface area contributed by atoms with Crippen LogP contribution in [0.3, 0.4) is 0 Å². The summed E-state index contributed by atoms with van der Waals surface area (Å²) in [5.41, 5.74) is 4.17. The van der Waals surface area contributed by atoms with E-state index in [0.29, 0.717) is 5.56 Å². The first-order chi connectivity index (χ1) is 13.5. The van der Waals surface area contributed by atoms with E-state index in [1.54, 1.807) is 0 Å². The number of carbonyl (C=O) groups excluding carboxylic acids is 1. The average Bonchev–Trinajstić information content (AvgIpc) is 3.21. The summed E-state index contributed by atoms with van der Waals surface area (Å²) in [6.07, 6.45) is 8.78. The van der Waals surface area contributed by atoms with Gasteiger partial charge < -0.3 is 15.4 Å². The molecule has 1 amide bonds. The Morgan fingerprint density at radius 2 is 1.75 bits per heavy atom. The van der Waals surface area contributed by atoms with Gasteiger partial charge in [-0.2, -0.15) is 0 Å². The largest absolute Gasteiger partial charge is 0.390 e. The number of H-pyrrole nitrogens is 1. The van der Waals surface area contributed by atoms with Crippen LogP contribution < -0.4 is 5.32 Å². The molecule has 1 aromatic carbocycles. The van der Waals surface area contributed by atoms with Gasteiger partial charge in [0.05, 0.1) is 16.8 Å².